The van der Waals surface area contributed by atoms with Crippen molar-refractivity contribution in [2.75, 3.05) is 20.2 Å². The molecule has 4 heteroatoms. The zero-order valence-corrected chi connectivity index (χ0v) is 11.2. The molecule has 98 valence electrons. The van der Waals surface area contributed by atoms with Gasteiger partial charge in [0.05, 0.1) is 18.4 Å². The second-order valence-corrected chi connectivity index (χ2v) is 5.18. The van der Waals surface area contributed by atoms with E-state index in [0.717, 1.165) is 37.2 Å². The van der Waals surface area contributed by atoms with Crippen LogP contribution in [0.25, 0.3) is 0 Å². The molecule has 0 saturated carbocycles. The Balaban J connectivity index is 1.97. The summed E-state index contributed by atoms with van der Waals surface area (Å²) < 4.78 is 4.65. The largest absolute Gasteiger partial charge is 0.465 e. The third-order valence-corrected chi connectivity index (χ3v) is 3.70. The van der Waals surface area contributed by atoms with E-state index in [9.17, 15) is 4.79 Å². The molecule has 2 heterocycles. The Labute approximate surface area is 108 Å². The van der Waals surface area contributed by atoms with Crippen LogP contribution in [0.5, 0.6) is 0 Å². The van der Waals surface area contributed by atoms with Crippen LogP contribution in [-0.4, -0.2) is 36.1 Å². The second kappa shape index (κ2) is 5.48. The third-order valence-electron chi connectivity index (χ3n) is 3.70. The zero-order chi connectivity index (χ0) is 13.1. The van der Waals surface area contributed by atoms with Gasteiger partial charge < -0.3 is 4.74 Å². The van der Waals surface area contributed by atoms with Gasteiger partial charge in [0, 0.05) is 25.8 Å². The number of methoxy groups -OCH3 is 1. The van der Waals surface area contributed by atoms with Crippen molar-refractivity contribution in [3.05, 3.63) is 29.6 Å². The first-order chi connectivity index (χ1) is 8.60. The predicted molar refractivity (Wildman–Crippen MR) is 69.2 cm³/mol. The maximum Gasteiger partial charge on any atom is 0.339 e. The topological polar surface area (TPSA) is 42.4 Å². The first kappa shape index (κ1) is 13.0. The number of nitrogens with zero attached hydrogens (tertiary/aromatic N) is 2. The molecule has 1 saturated heterocycles. The van der Waals surface area contributed by atoms with Crippen molar-refractivity contribution >= 4 is 5.97 Å². The lowest BCUT2D eigenvalue weighted by Gasteiger charge is -2.14. The number of rotatable bonds is 3. The maximum atomic E-state index is 11.3. The van der Waals surface area contributed by atoms with E-state index in [-0.39, 0.29) is 5.97 Å². The monoisotopic (exact) mass is 248 g/mol. The van der Waals surface area contributed by atoms with Gasteiger partial charge >= 0.3 is 5.97 Å². The van der Waals surface area contributed by atoms with Crippen LogP contribution >= 0.6 is 0 Å². The van der Waals surface area contributed by atoms with Crippen LogP contribution < -0.4 is 0 Å². The highest BCUT2D eigenvalue weighted by molar-refractivity contribution is 5.88. The first-order valence-corrected chi connectivity index (χ1v) is 6.35. The van der Waals surface area contributed by atoms with Crippen LogP contribution in [0.1, 0.15) is 29.9 Å². The minimum atomic E-state index is -0.336. The Morgan fingerprint density at radius 3 is 2.56 bits per heavy atom. The number of esters is 1. The summed E-state index contributed by atoms with van der Waals surface area (Å²) in [6.07, 6.45) is 1.59. The van der Waals surface area contributed by atoms with Crippen LogP contribution in [0, 0.1) is 11.8 Å². The highest BCUT2D eigenvalue weighted by atomic mass is 16.5. The fourth-order valence-corrected chi connectivity index (χ4v) is 2.36. The van der Waals surface area contributed by atoms with E-state index in [1.54, 1.807) is 12.3 Å². The molecule has 2 atom stereocenters. The molecular formula is C14H20N2O2. The van der Waals surface area contributed by atoms with Gasteiger partial charge in [0.1, 0.15) is 0 Å². The number of pyridine rings is 1. The van der Waals surface area contributed by atoms with Gasteiger partial charge in [-0.25, -0.2) is 4.79 Å². The molecule has 2 rings (SSSR count). The van der Waals surface area contributed by atoms with Gasteiger partial charge in [0.2, 0.25) is 0 Å². The molecule has 1 aliphatic rings. The van der Waals surface area contributed by atoms with Crippen LogP contribution in [0.2, 0.25) is 0 Å². The summed E-state index contributed by atoms with van der Waals surface area (Å²) in [4.78, 5) is 18.0. The lowest BCUT2D eigenvalue weighted by molar-refractivity contribution is 0.0600. The molecule has 0 aliphatic carbocycles. The molecule has 1 aromatic heterocycles. The highest BCUT2D eigenvalue weighted by Gasteiger charge is 2.25. The average Bonchev–Trinajstić information content (AvgIpc) is 2.68. The van der Waals surface area contributed by atoms with Crippen molar-refractivity contribution < 1.29 is 9.53 Å². The van der Waals surface area contributed by atoms with E-state index in [4.69, 9.17) is 0 Å². The van der Waals surface area contributed by atoms with Gasteiger partial charge in [-0.05, 0) is 24.0 Å². The summed E-state index contributed by atoms with van der Waals surface area (Å²) in [6.45, 7) is 7.69. The fraction of sp³-hybridized carbons (Fsp3) is 0.571. The van der Waals surface area contributed by atoms with E-state index < -0.39 is 0 Å². The predicted octanol–water partition coefficient (Wildman–Crippen LogP) is 1.96. The number of hydrogen-bond donors (Lipinski definition) is 0. The number of carbonyl (C=O) groups is 1. The SMILES string of the molecule is COC(=O)c1ccc(CN2CC(C)C(C)C2)nc1. The van der Waals surface area contributed by atoms with Gasteiger partial charge in [0.25, 0.3) is 0 Å². The Hall–Kier alpha value is -1.42. The summed E-state index contributed by atoms with van der Waals surface area (Å²) in [5, 5.41) is 0. The number of ether oxygens (including phenoxy) is 1. The molecule has 1 aromatic rings. The maximum absolute atomic E-state index is 11.3. The van der Waals surface area contributed by atoms with Crippen molar-refractivity contribution in [3.63, 3.8) is 0 Å². The van der Waals surface area contributed by atoms with E-state index in [2.05, 4.69) is 28.5 Å². The summed E-state index contributed by atoms with van der Waals surface area (Å²) in [5.74, 6) is 1.16. The summed E-state index contributed by atoms with van der Waals surface area (Å²) >= 11 is 0. The van der Waals surface area contributed by atoms with Crippen LogP contribution in [0.15, 0.2) is 18.3 Å². The molecule has 2 unspecified atom stereocenters. The highest BCUT2D eigenvalue weighted by Crippen LogP contribution is 2.23. The molecule has 0 aromatic carbocycles. The molecule has 0 bridgehead atoms. The molecule has 0 amide bonds. The van der Waals surface area contributed by atoms with Gasteiger partial charge in [-0.2, -0.15) is 0 Å². The molecular weight excluding hydrogens is 228 g/mol. The first-order valence-electron chi connectivity index (χ1n) is 6.35. The Kier molecular flexibility index (Phi) is 3.97. The molecule has 0 radical (unpaired) electrons. The lowest BCUT2D eigenvalue weighted by Crippen LogP contribution is -2.20. The molecule has 18 heavy (non-hydrogen) atoms. The van der Waals surface area contributed by atoms with Crippen molar-refractivity contribution in [3.8, 4) is 0 Å². The standard InChI is InChI=1S/C14H20N2O2/c1-10-7-16(8-11(10)2)9-13-5-4-12(6-15-13)14(17)18-3/h4-6,10-11H,7-9H2,1-3H3. The normalized spacial score (nSPS) is 24.2. The van der Waals surface area contributed by atoms with Crippen molar-refractivity contribution in [2.24, 2.45) is 11.8 Å². The van der Waals surface area contributed by atoms with Gasteiger partial charge in [-0.1, -0.05) is 13.8 Å². The quantitative estimate of drug-likeness (QED) is 0.767. The number of likely N-dealkylation sites (tertiary alicyclic amines) is 1. The Bertz CT molecular complexity index is 406. The molecule has 0 N–H and O–H groups in total. The third kappa shape index (κ3) is 2.88. The Morgan fingerprint density at radius 2 is 2.06 bits per heavy atom. The van der Waals surface area contributed by atoms with Crippen molar-refractivity contribution in [1.29, 1.82) is 0 Å². The number of hydrogen-bond acceptors (Lipinski definition) is 4. The van der Waals surface area contributed by atoms with Crippen LogP contribution in [0.3, 0.4) is 0 Å². The number of carbonyl (C=O) groups excluding carboxylic acids is 1. The van der Waals surface area contributed by atoms with E-state index in [1.165, 1.54) is 7.11 Å². The van der Waals surface area contributed by atoms with Gasteiger partial charge in [-0.3, -0.25) is 9.88 Å². The average molecular weight is 248 g/mol. The minimum absolute atomic E-state index is 0.336. The second-order valence-electron chi connectivity index (χ2n) is 5.18. The van der Waals surface area contributed by atoms with Gasteiger partial charge in [-0.15, -0.1) is 0 Å². The summed E-state index contributed by atoms with van der Waals surface area (Å²) in [7, 11) is 1.38. The zero-order valence-electron chi connectivity index (χ0n) is 11.2. The number of aromatic nitrogens is 1. The minimum Gasteiger partial charge on any atom is -0.465 e. The smallest absolute Gasteiger partial charge is 0.339 e. The fourth-order valence-electron chi connectivity index (χ4n) is 2.36. The van der Waals surface area contributed by atoms with Gasteiger partial charge in [0.15, 0.2) is 0 Å². The van der Waals surface area contributed by atoms with E-state index in [0.29, 0.717) is 5.56 Å². The summed E-state index contributed by atoms with van der Waals surface area (Å²) in [6, 6.07) is 3.68. The molecule has 4 nitrogen and oxygen atoms in total. The summed E-state index contributed by atoms with van der Waals surface area (Å²) in [5.41, 5.74) is 1.51. The van der Waals surface area contributed by atoms with E-state index >= 15 is 0 Å². The Morgan fingerprint density at radius 1 is 1.39 bits per heavy atom. The van der Waals surface area contributed by atoms with Crippen LogP contribution in [0.4, 0.5) is 0 Å². The van der Waals surface area contributed by atoms with Crippen LogP contribution in [-0.2, 0) is 11.3 Å². The molecule has 0 spiro atoms. The molecule has 1 aliphatic heterocycles. The molecule has 1 fully saturated rings. The van der Waals surface area contributed by atoms with E-state index in [1.807, 2.05) is 6.07 Å². The lowest BCUT2D eigenvalue weighted by atomic mass is 10.0. The van der Waals surface area contributed by atoms with Crippen molar-refractivity contribution in [1.82, 2.24) is 9.88 Å². The van der Waals surface area contributed by atoms with Crippen molar-refractivity contribution in [2.45, 2.75) is 20.4 Å².